The molecule has 1 aliphatic rings. The van der Waals surface area contributed by atoms with Gasteiger partial charge in [-0.05, 0) is 67.2 Å². The van der Waals surface area contributed by atoms with Gasteiger partial charge in [-0.25, -0.2) is 4.79 Å². The van der Waals surface area contributed by atoms with Gasteiger partial charge >= 0.3 is 5.97 Å². The average molecular weight is 389 g/mol. The molecule has 0 radical (unpaired) electrons. The molecule has 0 spiro atoms. The van der Waals surface area contributed by atoms with Gasteiger partial charge in [0.15, 0.2) is 6.10 Å². The maximum absolute atomic E-state index is 12.5. The first-order valence-electron chi connectivity index (χ1n) is 8.44. The molecular formula is C21H18Cl2O3. The predicted octanol–water partition coefficient (Wildman–Crippen LogP) is 5.31. The van der Waals surface area contributed by atoms with Crippen molar-refractivity contribution in [1.82, 2.24) is 0 Å². The molecule has 1 atom stereocenters. The Balaban J connectivity index is 1.63. The maximum atomic E-state index is 12.5. The molecule has 0 bridgehead atoms. The Kier molecular flexibility index (Phi) is 5.80. The summed E-state index contributed by atoms with van der Waals surface area (Å²) >= 11 is 11.9. The number of ether oxygens (including phenoxy) is 1. The molecule has 5 heteroatoms. The van der Waals surface area contributed by atoms with Gasteiger partial charge in [0, 0.05) is 21.7 Å². The van der Waals surface area contributed by atoms with Crippen molar-refractivity contribution in [3.8, 4) is 0 Å². The number of carbonyl (C=O) groups is 2. The maximum Gasteiger partial charge on any atom is 0.331 e. The van der Waals surface area contributed by atoms with E-state index in [1.165, 1.54) is 23.3 Å². The summed E-state index contributed by atoms with van der Waals surface area (Å²) in [5.41, 5.74) is 3.74. The van der Waals surface area contributed by atoms with E-state index in [0.29, 0.717) is 21.2 Å². The van der Waals surface area contributed by atoms with Gasteiger partial charge in [-0.15, -0.1) is 0 Å². The van der Waals surface area contributed by atoms with Crippen molar-refractivity contribution in [2.24, 2.45) is 0 Å². The third-order valence-electron chi connectivity index (χ3n) is 4.41. The van der Waals surface area contributed by atoms with Crippen LogP contribution in [0.1, 0.15) is 40.4 Å². The summed E-state index contributed by atoms with van der Waals surface area (Å²) in [6.45, 7) is 1.58. The van der Waals surface area contributed by atoms with Gasteiger partial charge in [0.25, 0.3) is 0 Å². The molecule has 0 fully saturated rings. The van der Waals surface area contributed by atoms with E-state index >= 15 is 0 Å². The molecule has 0 saturated carbocycles. The minimum absolute atomic E-state index is 0.203. The van der Waals surface area contributed by atoms with Crippen molar-refractivity contribution < 1.29 is 14.3 Å². The molecule has 0 aromatic heterocycles. The van der Waals surface area contributed by atoms with Crippen molar-refractivity contribution in [2.45, 2.75) is 32.3 Å². The molecule has 0 N–H and O–H groups in total. The summed E-state index contributed by atoms with van der Waals surface area (Å²) in [5, 5.41) is 0.951. The second kappa shape index (κ2) is 8.07. The van der Waals surface area contributed by atoms with Crippen LogP contribution in [-0.2, 0) is 22.4 Å². The molecule has 0 aliphatic heterocycles. The van der Waals surface area contributed by atoms with E-state index in [1.807, 2.05) is 12.1 Å². The van der Waals surface area contributed by atoms with Crippen LogP contribution in [-0.4, -0.2) is 17.9 Å². The molecule has 0 saturated heterocycles. The van der Waals surface area contributed by atoms with Gasteiger partial charge in [0.1, 0.15) is 0 Å². The molecule has 3 rings (SSSR count). The Morgan fingerprint density at radius 1 is 1.08 bits per heavy atom. The molecule has 0 amide bonds. The Labute approximate surface area is 162 Å². The van der Waals surface area contributed by atoms with Crippen molar-refractivity contribution in [3.63, 3.8) is 0 Å². The van der Waals surface area contributed by atoms with Gasteiger partial charge in [0.05, 0.1) is 0 Å². The molecule has 2 aromatic carbocycles. The third kappa shape index (κ3) is 4.35. The van der Waals surface area contributed by atoms with E-state index in [0.717, 1.165) is 19.3 Å². The SMILES string of the molecule is C[C@H](OC(=O)/C=C/c1ccc(Cl)cc1Cl)C(=O)c1ccc2c(c1)CCC2. The zero-order valence-electron chi connectivity index (χ0n) is 14.3. The van der Waals surface area contributed by atoms with Crippen molar-refractivity contribution in [2.75, 3.05) is 0 Å². The first-order valence-corrected chi connectivity index (χ1v) is 9.19. The van der Waals surface area contributed by atoms with E-state index in [1.54, 1.807) is 31.2 Å². The Morgan fingerprint density at radius 2 is 1.85 bits per heavy atom. The number of rotatable bonds is 5. The van der Waals surface area contributed by atoms with Crippen LogP contribution in [0.15, 0.2) is 42.5 Å². The third-order valence-corrected chi connectivity index (χ3v) is 4.97. The largest absolute Gasteiger partial charge is 0.451 e. The lowest BCUT2D eigenvalue weighted by Gasteiger charge is -2.12. The monoisotopic (exact) mass is 388 g/mol. The number of benzene rings is 2. The first-order chi connectivity index (χ1) is 12.4. The second-order valence-electron chi connectivity index (χ2n) is 6.28. The summed E-state index contributed by atoms with van der Waals surface area (Å²) in [4.78, 5) is 24.5. The average Bonchev–Trinajstić information content (AvgIpc) is 3.08. The molecular weight excluding hydrogens is 371 g/mol. The van der Waals surface area contributed by atoms with Gasteiger partial charge < -0.3 is 4.74 Å². The van der Waals surface area contributed by atoms with Crippen LogP contribution in [0.3, 0.4) is 0 Å². The van der Waals surface area contributed by atoms with Crippen LogP contribution >= 0.6 is 23.2 Å². The summed E-state index contributed by atoms with van der Waals surface area (Å²) in [5.74, 6) is -0.802. The smallest absolute Gasteiger partial charge is 0.331 e. The van der Waals surface area contributed by atoms with E-state index in [4.69, 9.17) is 27.9 Å². The van der Waals surface area contributed by atoms with E-state index in [9.17, 15) is 9.59 Å². The lowest BCUT2D eigenvalue weighted by molar-refractivity contribution is -0.140. The molecule has 0 heterocycles. The number of aryl methyl sites for hydroxylation is 2. The minimum atomic E-state index is -0.854. The van der Waals surface area contributed by atoms with E-state index in [-0.39, 0.29) is 5.78 Å². The number of esters is 1. The van der Waals surface area contributed by atoms with E-state index < -0.39 is 12.1 Å². The van der Waals surface area contributed by atoms with Crippen LogP contribution in [0.5, 0.6) is 0 Å². The lowest BCUT2D eigenvalue weighted by atomic mass is 10.0. The normalized spacial score (nSPS) is 14.3. The Morgan fingerprint density at radius 3 is 2.62 bits per heavy atom. The molecule has 26 heavy (non-hydrogen) atoms. The number of ketones is 1. The highest BCUT2D eigenvalue weighted by molar-refractivity contribution is 6.35. The standard InChI is InChI=1S/C21H18Cl2O3/c1-13(21(25)17-6-5-14-3-2-4-16(14)11-17)26-20(24)10-8-15-7-9-18(22)12-19(15)23/h5-13H,2-4H2,1H3/b10-8+/t13-/m0/s1. The summed E-state index contributed by atoms with van der Waals surface area (Å²) in [6.07, 6.45) is 5.11. The molecule has 1 aliphatic carbocycles. The number of hydrogen-bond acceptors (Lipinski definition) is 3. The number of carbonyl (C=O) groups excluding carboxylic acids is 2. The van der Waals surface area contributed by atoms with Crippen LogP contribution in [0, 0.1) is 0 Å². The first kappa shape index (κ1) is 18.7. The number of hydrogen-bond donors (Lipinski definition) is 0. The molecule has 3 nitrogen and oxygen atoms in total. The fourth-order valence-corrected chi connectivity index (χ4v) is 3.49. The van der Waals surface area contributed by atoms with Crippen molar-refractivity contribution in [1.29, 1.82) is 0 Å². The fraction of sp³-hybridized carbons (Fsp3) is 0.238. The highest BCUT2D eigenvalue weighted by Gasteiger charge is 2.20. The molecule has 134 valence electrons. The highest BCUT2D eigenvalue weighted by Crippen LogP contribution is 2.24. The van der Waals surface area contributed by atoms with E-state index in [2.05, 4.69) is 0 Å². The highest BCUT2D eigenvalue weighted by atomic mass is 35.5. The van der Waals surface area contributed by atoms with Crippen LogP contribution < -0.4 is 0 Å². The summed E-state index contributed by atoms with van der Waals surface area (Å²) in [6, 6.07) is 10.7. The lowest BCUT2D eigenvalue weighted by Crippen LogP contribution is -2.23. The van der Waals surface area contributed by atoms with Gasteiger partial charge in [-0.2, -0.15) is 0 Å². The zero-order valence-corrected chi connectivity index (χ0v) is 15.8. The molecule has 0 unspecified atom stereocenters. The predicted molar refractivity (Wildman–Crippen MR) is 104 cm³/mol. The topological polar surface area (TPSA) is 43.4 Å². The number of fused-ring (bicyclic) bond motifs is 1. The number of halogens is 2. The fourth-order valence-electron chi connectivity index (χ4n) is 3.02. The van der Waals surface area contributed by atoms with Crippen molar-refractivity contribution in [3.05, 3.63) is 74.8 Å². The van der Waals surface area contributed by atoms with Gasteiger partial charge in [0.2, 0.25) is 5.78 Å². The summed E-state index contributed by atoms with van der Waals surface area (Å²) in [7, 11) is 0. The van der Waals surface area contributed by atoms with Gasteiger partial charge in [-0.1, -0.05) is 41.4 Å². The zero-order chi connectivity index (χ0) is 18.7. The Hall–Kier alpha value is -2.10. The Bertz CT molecular complexity index is 887. The molecule has 2 aromatic rings. The van der Waals surface area contributed by atoms with Crippen LogP contribution in [0.2, 0.25) is 10.0 Å². The minimum Gasteiger partial charge on any atom is -0.451 e. The quantitative estimate of drug-likeness (QED) is 0.396. The number of Topliss-reactive ketones (excluding diaryl/α,β-unsaturated/α-hetero) is 1. The second-order valence-corrected chi connectivity index (χ2v) is 7.12. The van der Waals surface area contributed by atoms with Crippen LogP contribution in [0.25, 0.3) is 6.08 Å². The van der Waals surface area contributed by atoms with Crippen LogP contribution in [0.4, 0.5) is 0 Å². The summed E-state index contributed by atoms with van der Waals surface area (Å²) < 4.78 is 5.23. The van der Waals surface area contributed by atoms with Gasteiger partial charge in [-0.3, -0.25) is 4.79 Å². The van der Waals surface area contributed by atoms with Crippen molar-refractivity contribution >= 4 is 41.0 Å².